The lowest BCUT2D eigenvalue weighted by Gasteiger charge is -2.18. The first-order chi connectivity index (χ1) is 16.0. The van der Waals surface area contributed by atoms with E-state index in [1.807, 2.05) is 35.9 Å². The second-order valence-corrected chi connectivity index (χ2v) is 8.92. The van der Waals surface area contributed by atoms with Crippen LogP contribution in [0.5, 0.6) is 5.75 Å². The summed E-state index contributed by atoms with van der Waals surface area (Å²) in [7, 11) is 0. The van der Waals surface area contributed by atoms with Crippen LogP contribution in [0.4, 0.5) is 20.2 Å². The van der Waals surface area contributed by atoms with Gasteiger partial charge in [0, 0.05) is 17.0 Å². The molecule has 0 bridgehead atoms. The summed E-state index contributed by atoms with van der Waals surface area (Å²) in [5, 5.41) is 11.4. The van der Waals surface area contributed by atoms with Gasteiger partial charge in [-0.3, -0.25) is 4.79 Å². The third-order valence-corrected chi connectivity index (χ3v) is 6.64. The van der Waals surface area contributed by atoms with E-state index < -0.39 is 11.6 Å². The number of halogens is 2. The number of hydrogen-bond donors (Lipinski definition) is 1. The maximum atomic E-state index is 14.3. The van der Waals surface area contributed by atoms with Crippen molar-refractivity contribution < 1.29 is 18.3 Å². The zero-order valence-corrected chi connectivity index (χ0v) is 18.8. The van der Waals surface area contributed by atoms with Crippen LogP contribution in [0.15, 0.2) is 69.4 Å². The molecule has 0 unspecified atom stereocenters. The van der Waals surface area contributed by atoms with Crippen LogP contribution in [-0.2, 0) is 4.79 Å². The quantitative estimate of drug-likeness (QED) is 0.396. The van der Waals surface area contributed by atoms with E-state index in [9.17, 15) is 13.6 Å². The summed E-state index contributed by atoms with van der Waals surface area (Å²) >= 11 is 2.82. The van der Waals surface area contributed by atoms with Crippen molar-refractivity contribution in [2.75, 3.05) is 11.9 Å². The number of ether oxygens (including phenoxy) is 1. The first-order valence-electron chi connectivity index (χ1n) is 9.85. The highest BCUT2D eigenvalue weighted by atomic mass is 32.1. The second-order valence-electron chi connectivity index (χ2n) is 7.13. The molecule has 33 heavy (non-hydrogen) atoms. The molecule has 0 spiro atoms. The van der Waals surface area contributed by atoms with E-state index in [0.29, 0.717) is 21.9 Å². The monoisotopic (exact) mass is 482 g/mol. The number of carbonyl (C=O) groups is 1. The molecule has 2 aromatic carbocycles. The Morgan fingerprint density at radius 2 is 2.03 bits per heavy atom. The van der Waals surface area contributed by atoms with Gasteiger partial charge in [-0.25, -0.2) is 18.4 Å². The summed E-state index contributed by atoms with van der Waals surface area (Å²) in [6, 6.07) is 12.6. The molecule has 2 aromatic heterocycles. The number of carbonyl (C=O) groups excluding carboxylic acids is 1. The fraction of sp³-hybridized carbons (Fsp3) is 0.0870. The number of thiazole rings is 1. The summed E-state index contributed by atoms with van der Waals surface area (Å²) < 4.78 is 34.7. The molecule has 1 aliphatic rings. The molecule has 0 saturated heterocycles. The van der Waals surface area contributed by atoms with Gasteiger partial charge < -0.3 is 10.1 Å². The van der Waals surface area contributed by atoms with Crippen LogP contribution in [-0.4, -0.2) is 22.9 Å². The average molecular weight is 483 g/mol. The van der Waals surface area contributed by atoms with Gasteiger partial charge in [0.1, 0.15) is 17.3 Å². The van der Waals surface area contributed by atoms with Gasteiger partial charge in [-0.05, 0) is 48.7 Å². The van der Waals surface area contributed by atoms with Gasteiger partial charge >= 0.3 is 0 Å². The molecule has 6 nitrogen and oxygen atoms in total. The van der Waals surface area contributed by atoms with E-state index >= 15 is 0 Å². The molecule has 1 N–H and O–H groups in total. The third kappa shape index (κ3) is 4.35. The van der Waals surface area contributed by atoms with Gasteiger partial charge in [-0.1, -0.05) is 6.07 Å². The highest BCUT2D eigenvalue weighted by Crippen LogP contribution is 2.33. The zero-order chi connectivity index (χ0) is 22.9. The van der Waals surface area contributed by atoms with Crippen LogP contribution in [0.25, 0.3) is 11.3 Å². The molecule has 10 heteroatoms. The minimum absolute atomic E-state index is 0.00799. The maximum Gasteiger partial charge on any atom is 0.262 e. The topological polar surface area (TPSA) is 68.0 Å². The zero-order valence-electron chi connectivity index (χ0n) is 17.2. The van der Waals surface area contributed by atoms with E-state index in [-0.39, 0.29) is 18.2 Å². The molecule has 0 radical (unpaired) electrons. The van der Waals surface area contributed by atoms with Gasteiger partial charge in [0.2, 0.25) is 4.80 Å². The van der Waals surface area contributed by atoms with Crippen molar-refractivity contribution in [3.8, 4) is 17.0 Å². The van der Waals surface area contributed by atoms with Crippen LogP contribution >= 0.6 is 22.7 Å². The summed E-state index contributed by atoms with van der Waals surface area (Å²) in [6.07, 6.45) is 0. The van der Waals surface area contributed by atoms with Gasteiger partial charge in [-0.2, -0.15) is 5.10 Å². The third-order valence-electron chi connectivity index (χ3n) is 4.85. The molecule has 1 amide bonds. The van der Waals surface area contributed by atoms with E-state index in [1.165, 1.54) is 17.4 Å². The Hall–Kier alpha value is -3.63. The molecule has 0 aliphatic carbocycles. The first kappa shape index (κ1) is 21.2. The highest BCUT2D eigenvalue weighted by Gasteiger charge is 2.18. The number of thiophene rings is 1. The molecule has 166 valence electrons. The normalized spacial score (nSPS) is 14.1. The molecule has 1 aliphatic heterocycles. The number of amides is 1. The maximum absolute atomic E-state index is 14.3. The van der Waals surface area contributed by atoms with Crippen molar-refractivity contribution in [3.05, 3.63) is 80.6 Å². The van der Waals surface area contributed by atoms with Crippen LogP contribution in [0.3, 0.4) is 0 Å². The lowest BCUT2D eigenvalue weighted by Crippen LogP contribution is -2.25. The molecule has 0 fully saturated rings. The van der Waals surface area contributed by atoms with Crippen LogP contribution in [0, 0.1) is 11.6 Å². The molecule has 0 saturated carbocycles. The number of benzene rings is 2. The molecule has 4 aromatic rings. The van der Waals surface area contributed by atoms with Gasteiger partial charge in [-0.15, -0.1) is 22.7 Å². The largest absolute Gasteiger partial charge is 0.482 e. The summed E-state index contributed by atoms with van der Waals surface area (Å²) in [5.74, 6) is -1.08. The Bertz CT molecular complexity index is 1460. The van der Waals surface area contributed by atoms with E-state index in [4.69, 9.17) is 9.84 Å². The Morgan fingerprint density at radius 1 is 1.15 bits per heavy atom. The van der Waals surface area contributed by atoms with Crippen molar-refractivity contribution in [1.29, 1.82) is 0 Å². The predicted octanol–water partition coefficient (Wildman–Crippen LogP) is 5.39. The lowest BCUT2D eigenvalue weighted by atomic mass is 10.1. The Balaban J connectivity index is 1.68. The fourth-order valence-corrected chi connectivity index (χ4v) is 4.79. The number of nitrogens with zero attached hydrogens (tertiary/aromatic N) is 3. The van der Waals surface area contributed by atoms with Crippen molar-refractivity contribution in [2.45, 2.75) is 6.92 Å². The van der Waals surface area contributed by atoms with E-state index in [2.05, 4.69) is 10.3 Å². The van der Waals surface area contributed by atoms with Gasteiger partial charge in [0.25, 0.3) is 5.91 Å². The second kappa shape index (κ2) is 8.72. The molecular weight excluding hydrogens is 466 g/mol. The Kier molecular flexibility index (Phi) is 5.61. The molecular formula is C23H16F2N4O2S2. The number of aromatic nitrogens is 1. The van der Waals surface area contributed by atoms with Crippen molar-refractivity contribution in [2.24, 2.45) is 10.1 Å². The predicted molar refractivity (Wildman–Crippen MR) is 125 cm³/mol. The van der Waals surface area contributed by atoms with Crippen molar-refractivity contribution >= 4 is 45.7 Å². The SMILES string of the molecule is CC(=Nn1c(-c2ccc3c(c2)NC(=O)CO3)csc1=Nc1ccc(F)cc1F)c1cccs1. The van der Waals surface area contributed by atoms with Gasteiger partial charge in [0.15, 0.2) is 12.4 Å². The number of hydrogen-bond acceptors (Lipinski definition) is 6. The van der Waals surface area contributed by atoms with Crippen molar-refractivity contribution in [3.63, 3.8) is 0 Å². The summed E-state index contributed by atoms with van der Waals surface area (Å²) in [6.45, 7) is 1.85. The highest BCUT2D eigenvalue weighted by molar-refractivity contribution is 7.12. The standard InChI is InChI=1S/C23H16F2N4O2S2/c1-13(21-3-2-8-32-21)28-29-19(14-4-7-20-18(9-14)26-22(30)11-31-20)12-33-23(29)27-17-6-5-15(24)10-16(17)25/h2-10,12H,11H2,1H3,(H,26,30). The smallest absolute Gasteiger partial charge is 0.262 e. The lowest BCUT2D eigenvalue weighted by molar-refractivity contribution is -0.118. The Morgan fingerprint density at radius 3 is 2.82 bits per heavy atom. The van der Waals surface area contributed by atoms with Crippen LogP contribution < -0.4 is 14.9 Å². The number of anilines is 1. The summed E-state index contributed by atoms with van der Waals surface area (Å²) in [5.41, 5.74) is 2.77. The summed E-state index contributed by atoms with van der Waals surface area (Å²) in [4.78, 5) is 17.5. The van der Waals surface area contributed by atoms with E-state index in [1.54, 1.807) is 28.1 Å². The van der Waals surface area contributed by atoms with Gasteiger partial charge in [0.05, 0.1) is 22.0 Å². The Labute approximate surface area is 195 Å². The van der Waals surface area contributed by atoms with Crippen molar-refractivity contribution in [1.82, 2.24) is 4.68 Å². The molecule has 5 rings (SSSR count). The number of nitrogens with one attached hydrogen (secondary N) is 1. The number of rotatable bonds is 4. The van der Waals surface area contributed by atoms with Crippen LogP contribution in [0.2, 0.25) is 0 Å². The minimum atomic E-state index is -0.760. The van der Waals surface area contributed by atoms with Crippen LogP contribution in [0.1, 0.15) is 11.8 Å². The molecule has 0 atom stereocenters. The first-order valence-corrected chi connectivity index (χ1v) is 11.6. The molecule has 3 heterocycles. The average Bonchev–Trinajstić information content (AvgIpc) is 3.46. The van der Waals surface area contributed by atoms with E-state index in [0.717, 1.165) is 28.3 Å². The fourth-order valence-electron chi connectivity index (χ4n) is 3.27. The number of fused-ring (bicyclic) bond motifs is 1. The minimum Gasteiger partial charge on any atom is -0.482 e.